The van der Waals surface area contributed by atoms with Crippen LogP contribution in [0.15, 0.2) is 12.2 Å². The maximum absolute atomic E-state index is 12.7. The summed E-state index contributed by atoms with van der Waals surface area (Å²) in [4.78, 5) is 12.7. The van der Waals surface area contributed by atoms with Gasteiger partial charge in [-0.25, -0.2) is 0 Å². The fraction of sp³-hybridized carbons (Fsp3) is 0.850. The molecule has 3 heteroatoms. The van der Waals surface area contributed by atoms with Crippen molar-refractivity contribution in [2.24, 2.45) is 40.4 Å². The molecule has 0 aromatic rings. The minimum absolute atomic E-state index is 0.112. The molecule has 126 valence electrons. The van der Waals surface area contributed by atoms with Gasteiger partial charge in [-0.2, -0.15) is 0 Å². The molecule has 0 bridgehead atoms. The molecule has 5 aliphatic carbocycles. The number of aliphatic hydroxyl groups excluding tert-OH is 1. The van der Waals surface area contributed by atoms with Crippen molar-refractivity contribution in [3.63, 3.8) is 0 Å². The topological polar surface area (TPSA) is 57.5 Å². The SMILES string of the molecule is CC12CCC3C(C=C[C@]4(O)C[C@@H](O)CC[C@]34C)C1[C@@H]1C[C@@H]1C2=O. The van der Waals surface area contributed by atoms with Crippen molar-refractivity contribution in [1.29, 1.82) is 0 Å². The fourth-order valence-corrected chi connectivity index (χ4v) is 7.28. The van der Waals surface area contributed by atoms with Gasteiger partial charge < -0.3 is 10.2 Å². The lowest BCUT2D eigenvalue weighted by Crippen LogP contribution is -2.61. The Morgan fingerprint density at radius 2 is 2.00 bits per heavy atom. The second kappa shape index (κ2) is 4.11. The Hall–Kier alpha value is -0.670. The highest BCUT2D eigenvalue weighted by Gasteiger charge is 2.71. The molecule has 0 saturated heterocycles. The summed E-state index contributed by atoms with van der Waals surface area (Å²) in [7, 11) is 0. The van der Waals surface area contributed by atoms with Gasteiger partial charge in [0.1, 0.15) is 5.78 Å². The van der Waals surface area contributed by atoms with E-state index in [1.807, 2.05) is 6.08 Å². The van der Waals surface area contributed by atoms with Crippen LogP contribution in [0.25, 0.3) is 0 Å². The van der Waals surface area contributed by atoms with Gasteiger partial charge in [-0.1, -0.05) is 26.0 Å². The summed E-state index contributed by atoms with van der Waals surface area (Å²) in [6.07, 6.45) is 9.15. The molecule has 0 heterocycles. The molecule has 3 nitrogen and oxygen atoms in total. The average Bonchev–Trinajstić information content (AvgIpc) is 3.23. The number of aliphatic hydroxyl groups is 2. The van der Waals surface area contributed by atoms with Gasteiger partial charge in [-0.05, 0) is 55.8 Å². The number of rotatable bonds is 0. The maximum Gasteiger partial charge on any atom is 0.142 e. The number of carbonyl (C=O) groups is 1. The monoisotopic (exact) mass is 316 g/mol. The Bertz CT molecular complexity index is 612. The van der Waals surface area contributed by atoms with E-state index in [4.69, 9.17) is 0 Å². The molecule has 5 rings (SSSR count). The first-order chi connectivity index (χ1) is 10.8. The highest BCUT2D eigenvalue weighted by atomic mass is 16.3. The van der Waals surface area contributed by atoms with Crippen molar-refractivity contribution in [2.75, 3.05) is 0 Å². The number of hydrogen-bond acceptors (Lipinski definition) is 3. The van der Waals surface area contributed by atoms with Crippen molar-refractivity contribution in [2.45, 2.75) is 64.1 Å². The molecule has 4 unspecified atom stereocenters. The van der Waals surface area contributed by atoms with Crippen LogP contribution in [0.3, 0.4) is 0 Å². The van der Waals surface area contributed by atoms with E-state index in [0.717, 1.165) is 32.1 Å². The van der Waals surface area contributed by atoms with Crippen molar-refractivity contribution >= 4 is 5.78 Å². The minimum Gasteiger partial charge on any atom is -0.393 e. The third kappa shape index (κ3) is 1.57. The molecule has 23 heavy (non-hydrogen) atoms. The van der Waals surface area contributed by atoms with E-state index in [0.29, 0.717) is 41.8 Å². The van der Waals surface area contributed by atoms with E-state index in [1.54, 1.807) is 0 Å². The second-order valence-electron chi connectivity index (χ2n) is 9.63. The first-order valence-electron chi connectivity index (χ1n) is 9.44. The summed E-state index contributed by atoms with van der Waals surface area (Å²) < 4.78 is 0. The lowest BCUT2D eigenvalue weighted by Gasteiger charge is -2.61. The number of fused-ring (bicyclic) bond motifs is 7. The fourth-order valence-electron chi connectivity index (χ4n) is 7.28. The zero-order chi connectivity index (χ0) is 16.2. The predicted octanol–water partition coefficient (Wildman–Crippen LogP) is 2.71. The van der Waals surface area contributed by atoms with Crippen LogP contribution >= 0.6 is 0 Å². The summed E-state index contributed by atoms with van der Waals surface area (Å²) in [6, 6.07) is 0. The molecule has 4 fully saturated rings. The Morgan fingerprint density at radius 1 is 1.22 bits per heavy atom. The van der Waals surface area contributed by atoms with Crippen LogP contribution in [-0.2, 0) is 4.79 Å². The van der Waals surface area contributed by atoms with Crippen LogP contribution in [0.1, 0.15) is 52.4 Å². The number of ketones is 1. The quantitative estimate of drug-likeness (QED) is 0.676. The summed E-state index contributed by atoms with van der Waals surface area (Å²) in [6.45, 7) is 4.45. The molecule has 0 aromatic carbocycles. The molecular weight excluding hydrogens is 288 g/mol. The van der Waals surface area contributed by atoms with Gasteiger partial charge in [-0.3, -0.25) is 4.79 Å². The molecule has 0 aromatic heterocycles. The van der Waals surface area contributed by atoms with Gasteiger partial charge in [-0.15, -0.1) is 0 Å². The third-order valence-electron chi connectivity index (χ3n) is 8.74. The van der Waals surface area contributed by atoms with Gasteiger partial charge in [0.05, 0.1) is 11.7 Å². The first kappa shape index (κ1) is 14.7. The molecule has 9 atom stereocenters. The van der Waals surface area contributed by atoms with E-state index >= 15 is 0 Å². The lowest BCUT2D eigenvalue weighted by molar-refractivity contribution is -0.169. The van der Waals surface area contributed by atoms with Crippen molar-refractivity contribution in [1.82, 2.24) is 0 Å². The van der Waals surface area contributed by atoms with Crippen molar-refractivity contribution in [3.8, 4) is 0 Å². The zero-order valence-electron chi connectivity index (χ0n) is 14.2. The van der Waals surface area contributed by atoms with Crippen molar-refractivity contribution in [3.05, 3.63) is 12.2 Å². The maximum atomic E-state index is 12.7. The second-order valence-corrected chi connectivity index (χ2v) is 9.63. The standard InChI is InChI=1S/C20H28O3/c1-18-6-5-15-12(16(18)13-9-14(13)17(18)22)4-8-20(23)10-11(21)3-7-19(15,20)2/h4,8,11-16,21,23H,3,5-7,9-10H2,1-2H3/t11-,12?,13+,14-,15?,16?,18?,19+,20-/m0/s1. The Balaban J connectivity index is 1.58. The number of allylic oxidation sites excluding steroid dienone is 1. The van der Waals surface area contributed by atoms with Crippen LogP contribution in [0.4, 0.5) is 0 Å². The summed E-state index contributed by atoms with van der Waals surface area (Å²) >= 11 is 0. The van der Waals surface area contributed by atoms with E-state index < -0.39 is 5.60 Å². The minimum atomic E-state index is -0.870. The largest absolute Gasteiger partial charge is 0.393 e. The van der Waals surface area contributed by atoms with E-state index in [9.17, 15) is 15.0 Å². The highest BCUT2D eigenvalue weighted by Crippen LogP contribution is 2.71. The van der Waals surface area contributed by atoms with Crippen LogP contribution in [0.2, 0.25) is 0 Å². The van der Waals surface area contributed by atoms with Crippen molar-refractivity contribution < 1.29 is 15.0 Å². The van der Waals surface area contributed by atoms with Crippen LogP contribution < -0.4 is 0 Å². The van der Waals surface area contributed by atoms with Crippen LogP contribution in [-0.4, -0.2) is 27.7 Å². The third-order valence-corrected chi connectivity index (χ3v) is 8.74. The molecule has 2 N–H and O–H groups in total. The Kier molecular flexibility index (Phi) is 2.62. The van der Waals surface area contributed by atoms with E-state index in [-0.39, 0.29) is 16.9 Å². The molecule has 4 saturated carbocycles. The lowest BCUT2D eigenvalue weighted by atomic mass is 9.45. The van der Waals surface area contributed by atoms with Crippen LogP contribution in [0.5, 0.6) is 0 Å². The molecule has 0 radical (unpaired) electrons. The summed E-state index contributed by atoms with van der Waals surface area (Å²) in [5, 5.41) is 21.3. The average molecular weight is 316 g/mol. The molecular formula is C20H28O3. The normalized spacial score (nSPS) is 63.0. The van der Waals surface area contributed by atoms with Gasteiger partial charge in [0.25, 0.3) is 0 Å². The van der Waals surface area contributed by atoms with E-state index in [1.165, 1.54) is 0 Å². The molecule has 0 spiro atoms. The molecule has 0 amide bonds. The summed E-state index contributed by atoms with van der Waals surface area (Å²) in [5.41, 5.74) is -1.13. The van der Waals surface area contributed by atoms with Gasteiger partial charge in [0.15, 0.2) is 0 Å². The van der Waals surface area contributed by atoms with E-state index in [2.05, 4.69) is 19.9 Å². The van der Waals surface area contributed by atoms with Gasteiger partial charge in [0, 0.05) is 23.2 Å². The Labute approximate surface area is 138 Å². The van der Waals surface area contributed by atoms with Gasteiger partial charge >= 0.3 is 0 Å². The Morgan fingerprint density at radius 3 is 2.78 bits per heavy atom. The molecule has 5 aliphatic rings. The van der Waals surface area contributed by atoms with Gasteiger partial charge in [0.2, 0.25) is 0 Å². The predicted molar refractivity (Wildman–Crippen MR) is 86.5 cm³/mol. The number of carbonyl (C=O) groups excluding carboxylic acids is 1. The van der Waals surface area contributed by atoms with Crippen LogP contribution in [0, 0.1) is 40.4 Å². The zero-order valence-corrected chi connectivity index (χ0v) is 14.2. The number of hydrogen-bond donors (Lipinski definition) is 2. The smallest absolute Gasteiger partial charge is 0.142 e. The highest BCUT2D eigenvalue weighted by molar-refractivity contribution is 5.92. The molecule has 0 aliphatic heterocycles. The number of Topliss-reactive ketones (excluding diaryl/α,β-unsaturated/α-hetero) is 1. The summed E-state index contributed by atoms with van der Waals surface area (Å²) in [5.74, 6) is 2.87. The first-order valence-corrected chi connectivity index (χ1v) is 9.44.